The quantitative estimate of drug-likeness (QED) is 0.267. The molecule has 0 saturated heterocycles. The highest BCUT2D eigenvalue weighted by atomic mass is 16.5. The molecule has 32 heavy (non-hydrogen) atoms. The maximum atomic E-state index is 5.94. The molecule has 2 aromatic carbocycles. The van der Waals surface area contributed by atoms with E-state index in [9.17, 15) is 0 Å². The van der Waals surface area contributed by atoms with Crippen LogP contribution in [0.4, 0.5) is 5.69 Å². The van der Waals surface area contributed by atoms with Crippen molar-refractivity contribution in [2.24, 2.45) is 4.99 Å². The van der Waals surface area contributed by atoms with Gasteiger partial charge in [-0.25, -0.2) is 4.98 Å². The number of anilines is 1. The van der Waals surface area contributed by atoms with Gasteiger partial charge < -0.3 is 24.8 Å². The van der Waals surface area contributed by atoms with Gasteiger partial charge in [0.15, 0.2) is 5.96 Å². The summed E-state index contributed by atoms with van der Waals surface area (Å²) in [5, 5.41) is 6.60. The second kappa shape index (κ2) is 13.0. The molecular weight excluding hydrogens is 404 g/mol. The number of guanidine groups is 1. The van der Waals surface area contributed by atoms with Crippen molar-refractivity contribution in [2.75, 3.05) is 32.7 Å². The van der Waals surface area contributed by atoms with Crippen molar-refractivity contribution in [3.8, 4) is 11.6 Å². The SMILES string of the molecule is CN=C(NCc1cccnc1OCc1ccccc1)Nc1cccc(OCCCOC)c1. The van der Waals surface area contributed by atoms with Gasteiger partial charge in [0.2, 0.25) is 5.88 Å². The number of pyridine rings is 1. The summed E-state index contributed by atoms with van der Waals surface area (Å²) < 4.78 is 16.8. The van der Waals surface area contributed by atoms with E-state index in [1.165, 1.54) is 0 Å². The van der Waals surface area contributed by atoms with Crippen molar-refractivity contribution in [3.05, 3.63) is 84.1 Å². The predicted molar refractivity (Wildman–Crippen MR) is 127 cm³/mol. The van der Waals surface area contributed by atoms with Gasteiger partial charge in [-0.3, -0.25) is 4.99 Å². The summed E-state index contributed by atoms with van der Waals surface area (Å²) in [7, 11) is 3.42. The van der Waals surface area contributed by atoms with E-state index >= 15 is 0 Å². The maximum absolute atomic E-state index is 5.94. The van der Waals surface area contributed by atoms with E-state index in [4.69, 9.17) is 14.2 Å². The van der Waals surface area contributed by atoms with Crippen LogP contribution in [0.3, 0.4) is 0 Å². The monoisotopic (exact) mass is 434 g/mol. The zero-order valence-electron chi connectivity index (χ0n) is 18.6. The van der Waals surface area contributed by atoms with Gasteiger partial charge in [0.1, 0.15) is 12.4 Å². The molecule has 168 valence electrons. The summed E-state index contributed by atoms with van der Waals surface area (Å²) in [6, 6.07) is 21.7. The Kier molecular flexibility index (Phi) is 9.36. The summed E-state index contributed by atoms with van der Waals surface area (Å²) in [6.07, 6.45) is 2.58. The molecule has 0 spiro atoms. The van der Waals surface area contributed by atoms with Crippen LogP contribution in [0.2, 0.25) is 0 Å². The Bertz CT molecular complexity index is 980. The molecule has 7 heteroatoms. The third-order valence-corrected chi connectivity index (χ3v) is 4.60. The normalized spacial score (nSPS) is 11.1. The molecule has 0 aliphatic heterocycles. The standard InChI is InChI=1S/C25H30N4O3/c1-26-25(29-22-12-6-13-23(17-22)31-16-8-15-30-2)28-18-21-11-7-14-27-24(21)32-19-20-9-4-3-5-10-20/h3-7,9-14,17H,8,15-16,18-19H2,1-2H3,(H2,26,28,29). The first-order chi connectivity index (χ1) is 15.8. The van der Waals surface area contributed by atoms with E-state index in [1.54, 1.807) is 20.4 Å². The van der Waals surface area contributed by atoms with Crippen molar-refractivity contribution in [3.63, 3.8) is 0 Å². The van der Waals surface area contributed by atoms with Gasteiger partial charge in [0, 0.05) is 57.2 Å². The van der Waals surface area contributed by atoms with Crippen LogP contribution in [-0.2, 0) is 17.9 Å². The predicted octanol–water partition coefficient (Wildman–Crippen LogP) is 4.26. The minimum Gasteiger partial charge on any atom is -0.493 e. The molecule has 3 rings (SSSR count). The van der Waals surface area contributed by atoms with Crippen molar-refractivity contribution in [2.45, 2.75) is 19.6 Å². The lowest BCUT2D eigenvalue weighted by Crippen LogP contribution is -2.30. The molecule has 1 aromatic heterocycles. The minimum absolute atomic E-state index is 0.467. The summed E-state index contributed by atoms with van der Waals surface area (Å²) in [6.45, 7) is 2.27. The highest BCUT2D eigenvalue weighted by molar-refractivity contribution is 5.93. The molecule has 0 fully saturated rings. The van der Waals surface area contributed by atoms with Gasteiger partial charge in [-0.2, -0.15) is 0 Å². The first kappa shape index (κ1) is 23.1. The Morgan fingerprint density at radius 1 is 0.969 bits per heavy atom. The van der Waals surface area contributed by atoms with Crippen molar-refractivity contribution < 1.29 is 14.2 Å². The number of nitrogens with zero attached hydrogens (tertiary/aromatic N) is 2. The number of aromatic nitrogens is 1. The van der Waals surface area contributed by atoms with Gasteiger partial charge in [-0.1, -0.05) is 42.5 Å². The molecule has 7 nitrogen and oxygen atoms in total. The van der Waals surface area contributed by atoms with Gasteiger partial charge >= 0.3 is 0 Å². The second-order valence-electron chi connectivity index (χ2n) is 7.02. The molecule has 0 bridgehead atoms. The number of ether oxygens (including phenoxy) is 3. The van der Waals surface area contributed by atoms with Crippen LogP contribution in [-0.4, -0.2) is 38.3 Å². The van der Waals surface area contributed by atoms with Crippen LogP contribution in [0, 0.1) is 0 Å². The molecule has 0 aliphatic carbocycles. The van der Waals surface area contributed by atoms with Crippen LogP contribution < -0.4 is 20.1 Å². The summed E-state index contributed by atoms with van der Waals surface area (Å²) in [5.41, 5.74) is 2.93. The molecule has 0 saturated carbocycles. The molecule has 2 N–H and O–H groups in total. The highest BCUT2D eigenvalue weighted by Gasteiger charge is 2.07. The van der Waals surface area contributed by atoms with Crippen LogP contribution in [0.1, 0.15) is 17.5 Å². The van der Waals surface area contributed by atoms with Crippen molar-refractivity contribution in [1.29, 1.82) is 0 Å². The molecule has 3 aromatic rings. The molecule has 0 radical (unpaired) electrons. The Labute approximate surface area is 189 Å². The maximum Gasteiger partial charge on any atom is 0.218 e. The molecule has 0 unspecified atom stereocenters. The fourth-order valence-electron chi connectivity index (χ4n) is 2.97. The molecule has 0 atom stereocenters. The molecule has 0 amide bonds. The Balaban J connectivity index is 1.55. The van der Waals surface area contributed by atoms with Crippen molar-refractivity contribution in [1.82, 2.24) is 10.3 Å². The summed E-state index contributed by atoms with van der Waals surface area (Å²) >= 11 is 0. The molecule has 1 heterocycles. The van der Waals surface area contributed by atoms with Crippen LogP contribution in [0.5, 0.6) is 11.6 Å². The zero-order valence-corrected chi connectivity index (χ0v) is 18.6. The van der Waals surface area contributed by atoms with E-state index in [0.29, 0.717) is 38.2 Å². The van der Waals surface area contributed by atoms with E-state index < -0.39 is 0 Å². The van der Waals surface area contributed by atoms with E-state index in [2.05, 4.69) is 20.6 Å². The Hall–Kier alpha value is -3.58. The second-order valence-corrected chi connectivity index (χ2v) is 7.02. The third kappa shape index (κ3) is 7.59. The van der Waals surface area contributed by atoms with Gasteiger partial charge in [0.05, 0.1) is 6.61 Å². The first-order valence-corrected chi connectivity index (χ1v) is 10.6. The lowest BCUT2D eigenvalue weighted by molar-refractivity contribution is 0.172. The minimum atomic E-state index is 0.467. The lowest BCUT2D eigenvalue weighted by Gasteiger charge is -2.15. The van der Waals surface area contributed by atoms with Gasteiger partial charge in [0.25, 0.3) is 0 Å². The average Bonchev–Trinajstić information content (AvgIpc) is 2.84. The number of nitrogens with one attached hydrogen (secondary N) is 2. The molecular formula is C25H30N4O3. The number of aliphatic imine (C=N–C) groups is 1. The Morgan fingerprint density at radius 2 is 1.84 bits per heavy atom. The van der Waals surface area contributed by atoms with Gasteiger partial charge in [-0.15, -0.1) is 0 Å². The third-order valence-electron chi connectivity index (χ3n) is 4.60. The zero-order chi connectivity index (χ0) is 22.4. The van der Waals surface area contributed by atoms with Crippen LogP contribution >= 0.6 is 0 Å². The first-order valence-electron chi connectivity index (χ1n) is 10.6. The van der Waals surface area contributed by atoms with E-state index in [-0.39, 0.29) is 0 Å². The fourth-order valence-corrected chi connectivity index (χ4v) is 2.97. The fraction of sp³-hybridized carbons (Fsp3) is 0.280. The van der Waals surface area contributed by atoms with Crippen LogP contribution in [0.15, 0.2) is 77.9 Å². The molecule has 0 aliphatic rings. The van der Waals surface area contributed by atoms with Crippen LogP contribution in [0.25, 0.3) is 0 Å². The lowest BCUT2D eigenvalue weighted by atomic mass is 10.2. The topological polar surface area (TPSA) is 77.0 Å². The number of hydrogen-bond donors (Lipinski definition) is 2. The number of benzene rings is 2. The summed E-state index contributed by atoms with van der Waals surface area (Å²) in [4.78, 5) is 8.70. The van der Waals surface area contributed by atoms with Gasteiger partial charge in [-0.05, 0) is 23.8 Å². The Morgan fingerprint density at radius 3 is 2.66 bits per heavy atom. The number of methoxy groups -OCH3 is 1. The van der Waals surface area contributed by atoms with E-state index in [0.717, 1.165) is 29.0 Å². The summed E-state index contributed by atoms with van der Waals surface area (Å²) in [5.74, 6) is 2.04. The average molecular weight is 435 g/mol. The number of hydrogen-bond acceptors (Lipinski definition) is 5. The van der Waals surface area contributed by atoms with E-state index in [1.807, 2.05) is 66.7 Å². The smallest absolute Gasteiger partial charge is 0.218 e. The largest absolute Gasteiger partial charge is 0.493 e. The van der Waals surface area contributed by atoms with Crippen molar-refractivity contribution >= 4 is 11.6 Å². The number of rotatable bonds is 11. The highest BCUT2D eigenvalue weighted by Crippen LogP contribution is 2.18.